The zero-order valence-electron chi connectivity index (χ0n) is 17.5. The summed E-state index contributed by atoms with van der Waals surface area (Å²) >= 11 is 0. The average Bonchev–Trinajstić information content (AvgIpc) is 2.82. The largest absolute Gasteiger partial charge is 0.378 e. The number of nitrogens with one attached hydrogen (secondary N) is 1. The molecule has 0 amide bonds. The maximum absolute atomic E-state index is 14.1. The van der Waals surface area contributed by atoms with Crippen LogP contribution in [-0.4, -0.2) is 47.0 Å². The van der Waals surface area contributed by atoms with E-state index in [0.717, 1.165) is 17.6 Å². The molecule has 0 spiro atoms. The van der Waals surface area contributed by atoms with E-state index in [4.69, 9.17) is 4.74 Å². The van der Waals surface area contributed by atoms with E-state index in [1.165, 1.54) is 6.92 Å². The molecule has 1 saturated heterocycles. The number of carbonyl (C=O) groups is 1. The van der Waals surface area contributed by atoms with Crippen molar-refractivity contribution in [3.8, 4) is 0 Å². The third-order valence-corrected chi connectivity index (χ3v) is 4.80. The molecule has 0 atom stereocenters. The fourth-order valence-corrected chi connectivity index (χ4v) is 3.14. The number of benzene rings is 1. The lowest BCUT2D eigenvalue weighted by molar-refractivity contribution is 0.101. The molecule has 3 heterocycles. The molecule has 0 unspecified atom stereocenters. The first-order valence-electron chi connectivity index (χ1n) is 10.1. The van der Waals surface area contributed by atoms with Crippen LogP contribution >= 0.6 is 0 Å². The highest BCUT2D eigenvalue weighted by Gasteiger charge is 2.17. The predicted octanol–water partition coefficient (Wildman–Crippen LogP) is 4.08. The second kappa shape index (κ2) is 10.0. The molecule has 2 aromatic heterocycles. The molecule has 1 fully saturated rings. The van der Waals surface area contributed by atoms with Gasteiger partial charge in [-0.2, -0.15) is 10.1 Å². The van der Waals surface area contributed by atoms with Crippen LogP contribution in [0.3, 0.4) is 0 Å². The molecular weight excluding hydrogens is 413 g/mol. The van der Waals surface area contributed by atoms with Crippen molar-refractivity contribution in [2.75, 3.05) is 36.5 Å². The number of aromatic nitrogens is 3. The fourth-order valence-electron chi connectivity index (χ4n) is 3.14. The Morgan fingerprint density at radius 3 is 2.75 bits per heavy atom. The lowest BCUT2D eigenvalue weighted by atomic mass is 10.1. The van der Waals surface area contributed by atoms with Crippen molar-refractivity contribution in [2.45, 2.75) is 13.5 Å². The number of pyridine rings is 1. The van der Waals surface area contributed by atoms with Gasteiger partial charge in [0, 0.05) is 24.3 Å². The van der Waals surface area contributed by atoms with Crippen LogP contribution in [0.15, 0.2) is 59.0 Å². The molecule has 1 N–H and O–H groups in total. The summed E-state index contributed by atoms with van der Waals surface area (Å²) in [6.07, 6.45) is 2.78. The highest BCUT2D eigenvalue weighted by molar-refractivity contribution is 5.95. The zero-order valence-corrected chi connectivity index (χ0v) is 17.5. The maximum atomic E-state index is 14.1. The van der Waals surface area contributed by atoms with Gasteiger partial charge in [-0.3, -0.25) is 9.78 Å². The molecule has 0 radical (unpaired) electrons. The van der Waals surface area contributed by atoms with E-state index in [1.807, 2.05) is 24.3 Å². The number of morpholine rings is 1. The number of halogens is 1. The third-order valence-electron chi connectivity index (χ3n) is 4.80. The lowest BCUT2D eigenvalue weighted by Crippen LogP contribution is -2.37. The number of nitrogens with zero attached hydrogens (tertiary/aromatic N) is 6. The van der Waals surface area contributed by atoms with Crippen LogP contribution in [-0.2, 0) is 11.3 Å². The van der Waals surface area contributed by atoms with Gasteiger partial charge in [-0.15, -0.1) is 5.11 Å². The molecule has 0 aliphatic carbocycles. The monoisotopic (exact) mass is 435 g/mol. The first kappa shape index (κ1) is 21.4. The summed E-state index contributed by atoms with van der Waals surface area (Å²) in [5.74, 6) is -0.185. The normalized spacial score (nSPS) is 14.0. The SMILES string of the molecule is CC(=O)c1cccc(Nc2ccc(CN=Nc3ncc(F)c(N4CCOCC4)n3)nc2)c1. The zero-order chi connectivity index (χ0) is 22.3. The number of rotatable bonds is 7. The molecule has 4 rings (SSSR count). The summed E-state index contributed by atoms with van der Waals surface area (Å²) in [6, 6.07) is 10.9. The summed E-state index contributed by atoms with van der Waals surface area (Å²) in [7, 11) is 0. The predicted molar refractivity (Wildman–Crippen MR) is 117 cm³/mol. The molecule has 0 saturated carbocycles. The van der Waals surface area contributed by atoms with Crippen LogP contribution in [0.4, 0.5) is 27.5 Å². The van der Waals surface area contributed by atoms with E-state index in [9.17, 15) is 9.18 Å². The van der Waals surface area contributed by atoms with E-state index in [0.29, 0.717) is 37.6 Å². The molecule has 9 nitrogen and oxygen atoms in total. The van der Waals surface area contributed by atoms with Crippen LogP contribution in [0.25, 0.3) is 0 Å². The van der Waals surface area contributed by atoms with Crippen molar-refractivity contribution < 1.29 is 13.9 Å². The van der Waals surface area contributed by atoms with Crippen molar-refractivity contribution in [2.24, 2.45) is 10.2 Å². The Morgan fingerprint density at radius 2 is 2.00 bits per heavy atom. The topological polar surface area (TPSA) is 105 Å². The Bertz CT molecular complexity index is 1120. The fraction of sp³-hybridized carbons (Fsp3) is 0.273. The van der Waals surface area contributed by atoms with Crippen LogP contribution in [0.2, 0.25) is 0 Å². The Kier molecular flexibility index (Phi) is 6.71. The molecule has 164 valence electrons. The van der Waals surface area contributed by atoms with Gasteiger partial charge < -0.3 is 15.0 Å². The standard InChI is InChI=1S/C22H22FN7O2/c1-15(31)16-3-2-4-17(11-16)27-19-6-5-18(24-12-19)13-26-29-22-25-14-20(23)21(28-22)30-7-9-32-10-8-30/h2-6,11-12,14,27H,7-10,13H2,1H3. The third kappa shape index (κ3) is 5.46. The van der Waals surface area contributed by atoms with E-state index in [-0.39, 0.29) is 24.1 Å². The van der Waals surface area contributed by atoms with Crippen LogP contribution in [0, 0.1) is 5.82 Å². The number of Topliss-reactive ketones (excluding diaryl/α,β-unsaturated/α-hetero) is 1. The van der Waals surface area contributed by atoms with Gasteiger partial charge in [-0.1, -0.05) is 12.1 Å². The Morgan fingerprint density at radius 1 is 1.16 bits per heavy atom. The molecule has 0 bridgehead atoms. The number of azo groups is 1. The summed E-state index contributed by atoms with van der Waals surface area (Å²) in [5.41, 5.74) is 2.92. The second-order valence-electron chi connectivity index (χ2n) is 7.14. The molecular formula is C22H22FN7O2. The summed E-state index contributed by atoms with van der Waals surface area (Å²) in [5, 5.41) is 11.3. The Balaban J connectivity index is 1.37. The van der Waals surface area contributed by atoms with Crippen molar-refractivity contribution in [1.82, 2.24) is 15.0 Å². The lowest BCUT2D eigenvalue weighted by Gasteiger charge is -2.27. The second-order valence-corrected chi connectivity index (χ2v) is 7.14. The van der Waals surface area contributed by atoms with E-state index in [2.05, 4.69) is 30.5 Å². The first-order valence-corrected chi connectivity index (χ1v) is 10.1. The molecule has 32 heavy (non-hydrogen) atoms. The molecule has 1 aliphatic rings. The van der Waals surface area contributed by atoms with Gasteiger partial charge in [0.2, 0.25) is 0 Å². The van der Waals surface area contributed by atoms with Crippen molar-refractivity contribution in [3.05, 3.63) is 65.9 Å². The number of hydrogen-bond acceptors (Lipinski definition) is 9. The van der Waals surface area contributed by atoms with Gasteiger partial charge >= 0.3 is 0 Å². The Hall–Kier alpha value is -3.79. The van der Waals surface area contributed by atoms with E-state index in [1.54, 1.807) is 23.2 Å². The first-order chi connectivity index (χ1) is 15.6. The van der Waals surface area contributed by atoms with E-state index < -0.39 is 5.82 Å². The minimum absolute atomic E-state index is 0.00897. The van der Waals surface area contributed by atoms with Gasteiger partial charge in [0.25, 0.3) is 5.95 Å². The van der Waals surface area contributed by atoms with Gasteiger partial charge in [0.1, 0.15) is 6.54 Å². The Labute approximate surface area is 184 Å². The smallest absolute Gasteiger partial charge is 0.270 e. The van der Waals surface area contributed by atoms with Gasteiger partial charge in [-0.25, -0.2) is 9.37 Å². The van der Waals surface area contributed by atoms with Crippen molar-refractivity contribution >= 4 is 28.9 Å². The molecule has 1 aliphatic heterocycles. The maximum Gasteiger partial charge on any atom is 0.270 e. The van der Waals surface area contributed by atoms with Gasteiger partial charge in [0.05, 0.1) is 37.0 Å². The highest BCUT2D eigenvalue weighted by atomic mass is 19.1. The highest BCUT2D eigenvalue weighted by Crippen LogP contribution is 2.20. The van der Waals surface area contributed by atoms with Crippen LogP contribution in [0.5, 0.6) is 0 Å². The van der Waals surface area contributed by atoms with Crippen LogP contribution in [0.1, 0.15) is 23.0 Å². The minimum atomic E-state index is -0.496. The summed E-state index contributed by atoms with van der Waals surface area (Å²) in [4.78, 5) is 25.7. The number of ether oxygens (including phenoxy) is 1. The van der Waals surface area contributed by atoms with Crippen molar-refractivity contribution in [3.63, 3.8) is 0 Å². The molecule has 3 aromatic rings. The van der Waals surface area contributed by atoms with Crippen LogP contribution < -0.4 is 10.2 Å². The number of ketones is 1. The quantitative estimate of drug-likeness (QED) is 0.440. The summed E-state index contributed by atoms with van der Waals surface area (Å²) in [6.45, 7) is 3.94. The van der Waals surface area contributed by atoms with Gasteiger partial charge in [0.15, 0.2) is 17.4 Å². The number of carbonyl (C=O) groups excluding carboxylic acids is 1. The minimum Gasteiger partial charge on any atom is -0.378 e. The van der Waals surface area contributed by atoms with E-state index >= 15 is 0 Å². The van der Waals surface area contributed by atoms with Gasteiger partial charge in [-0.05, 0) is 31.2 Å². The average molecular weight is 435 g/mol. The number of hydrogen-bond donors (Lipinski definition) is 1. The molecule has 1 aromatic carbocycles. The van der Waals surface area contributed by atoms with Crippen molar-refractivity contribution in [1.29, 1.82) is 0 Å². The molecule has 10 heteroatoms. The summed E-state index contributed by atoms with van der Waals surface area (Å²) < 4.78 is 19.4. The number of anilines is 3.